The van der Waals surface area contributed by atoms with Gasteiger partial charge in [-0.25, -0.2) is 0 Å². The highest BCUT2D eigenvalue weighted by Gasteiger charge is 2.31. The quantitative estimate of drug-likeness (QED) is 0.333. The Balaban J connectivity index is 2.68. The van der Waals surface area contributed by atoms with E-state index in [2.05, 4.69) is 16.0 Å². The topological polar surface area (TPSA) is 168 Å². The van der Waals surface area contributed by atoms with Gasteiger partial charge in [-0.2, -0.15) is 0 Å². The van der Waals surface area contributed by atoms with Crippen LogP contribution in [-0.4, -0.2) is 52.8 Å². The zero-order valence-corrected chi connectivity index (χ0v) is 12.6. The zero-order valence-electron chi connectivity index (χ0n) is 12.6. The SMILES string of the molecule is CC(NC(=O)C(CCC(N)=O)NC(=O)C1CCC(=O)N1)C(=O)O. The third kappa shape index (κ3) is 5.93. The summed E-state index contributed by atoms with van der Waals surface area (Å²) in [5.74, 6) is -3.45. The highest BCUT2D eigenvalue weighted by molar-refractivity contribution is 5.95. The first-order chi connectivity index (χ1) is 10.7. The standard InChI is InChI=1S/C13H20N4O6/c1-6(13(22)23)15-11(20)8(2-4-9(14)18)17-12(21)7-3-5-10(19)16-7/h6-8H,2-5H2,1H3,(H2,14,18)(H,15,20)(H,16,19)(H,17,21)(H,22,23). The number of nitrogens with one attached hydrogen (secondary N) is 3. The summed E-state index contributed by atoms with van der Waals surface area (Å²) in [4.78, 5) is 56.8. The van der Waals surface area contributed by atoms with Crippen molar-refractivity contribution < 1.29 is 29.1 Å². The van der Waals surface area contributed by atoms with Gasteiger partial charge < -0.3 is 26.8 Å². The van der Waals surface area contributed by atoms with Gasteiger partial charge >= 0.3 is 5.97 Å². The fourth-order valence-electron chi connectivity index (χ4n) is 2.01. The van der Waals surface area contributed by atoms with Gasteiger partial charge in [0.1, 0.15) is 18.1 Å². The van der Waals surface area contributed by atoms with Crippen molar-refractivity contribution in [1.29, 1.82) is 0 Å². The lowest BCUT2D eigenvalue weighted by Crippen LogP contribution is -2.54. The second kappa shape index (κ2) is 8.11. The number of aliphatic carboxylic acids is 1. The number of carboxylic acids is 1. The molecule has 10 nitrogen and oxygen atoms in total. The molecule has 4 amide bonds. The molecule has 10 heteroatoms. The number of hydrogen-bond acceptors (Lipinski definition) is 5. The molecule has 0 bridgehead atoms. The molecule has 128 valence electrons. The van der Waals surface area contributed by atoms with E-state index in [1.165, 1.54) is 6.92 Å². The predicted octanol–water partition coefficient (Wildman–Crippen LogP) is -2.40. The Labute approximate surface area is 132 Å². The lowest BCUT2D eigenvalue weighted by atomic mass is 10.1. The maximum atomic E-state index is 12.1. The molecule has 1 aliphatic heterocycles. The number of primary amides is 1. The monoisotopic (exact) mass is 328 g/mol. The Kier molecular flexibility index (Phi) is 6.49. The summed E-state index contributed by atoms with van der Waals surface area (Å²) in [7, 11) is 0. The minimum Gasteiger partial charge on any atom is -0.480 e. The number of rotatable bonds is 8. The van der Waals surface area contributed by atoms with Gasteiger partial charge in [-0.15, -0.1) is 0 Å². The maximum absolute atomic E-state index is 12.1. The highest BCUT2D eigenvalue weighted by Crippen LogP contribution is 2.08. The summed E-state index contributed by atoms with van der Waals surface area (Å²) < 4.78 is 0. The second-order valence-corrected chi connectivity index (χ2v) is 5.29. The van der Waals surface area contributed by atoms with Crippen LogP contribution in [0.15, 0.2) is 0 Å². The lowest BCUT2D eigenvalue weighted by Gasteiger charge is -2.21. The summed E-state index contributed by atoms with van der Waals surface area (Å²) >= 11 is 0. The molecule has 3 atom stereocenters. The van der Waals surface area contributed by atoms with Crippen molar-refractivity contribution in [2.75, 3.05) is 0 Å². The fraction of sp³-hybridized carbons (Fsp3) is 0.615. The van der Waals surface area contributed by atoms with Crippen LogP contribution in [0.2, 0.25) is 0 Å². The van der Waals surface area contributed by atoms with Gasteiger partial charge in [0.15, 0.2) is 0 Å². The van der Waals surface area contributed by atoms with Crippen LogP contribution in [0.5, 0.6) is 0 Å². The molecule has 0 aromatic rings. The van der Waals surface area contributed by atoms with Crippen molar-refractivity contribution in [1.82, 2.24) is 16.0 Å². The van der Waals surface area contributed by atoms with Gasteiger partial charge in [-0.3, -0.25) is 24.0 Å². The Morgan fingerprint density at radius 2 is 2.00 bits per heavy atom. The first kappa shape index (κ1) is 18.4. The van der Waals surface area contributed by atoms with Gasteiger partial charge in [-0.1, -0.05) is 0 Å². The van der Waals surface area contributed by atoms with Crippen molar-refractivity contribution in [3.05, 3.63) is 0 Å². The predicted molar refractivity (Wildman–Crippen MR) is 76.8 cm³/mol. The van der Waals surface area contributed by atoms with E-state index in [9.17, 15) is 24.0 Å². The first-order valence-corrected chi connectivity index (χ1v) is 7.12. The van der Waals surface area contributed by atoms with Crippen molar-refractivity contribution in [2.45, 2.75) is 50.7 Å². The largest absolute Gasteiger partial charge is 0.480 e. The van der Waals surface area contributed by atoms with E-state index < -0.39 is 41.8 Å². The van der Waals surface area contributed by atoms with E-state index in [4.69, 9.17) is 10.8 Å². The third-order valence-corrected chi connectivity index (χ3v) is 3.35. The molecule has 1 rings (SSSR count). The normalized spacial score (nSPS) is 19.3. The number of hydrogen-bond donors (Lipinski definition) is 5. The van der Waals surface area contributed by atoms with Crippen LogP contribution in [-0.2, 0) is 24.0 Å². The van der Waals surface area contributed by atoms with Crippen LogP contribution in [0.1, 0.15) is 32.6 Å². The molecule has 6 N–H and O–H groups in total. The Hall–Kier alpha value is -2.65. The molecular formula is C13H20N4O6. The van der Waals surface area contributed by atoms with Crippen LogP contribution in [0.4, 0.5) is 0 Å². The maximum Gasteiger partial charge on any atom is 0.325 e. The smallest absolute Gasteiger partial charge is 0.325 e. The first-order valence-electron chi connectivity index (χ1n) is 7.12. The van der Waals surface area contributed by atoms with Crippen LogP contribution in [0.25, 0.3) is 0 Å². The molecule has 1 saturated heterocycles. The van der Waals surface area contributed by atoms with Gasteiger partial charge in [0.2, 0.25) is 23.6 Å². The van der Waals surface area contributed by atoms with Gasteiger partial charge in [0.05, 0.1) is 0 Å². The molecule has 1 aliphatic rings. The summed E-state index contributed by atoms with van der Waals surface area (Å²) in [5.41, 5.74) is 5.03. The van der Waals surface area contributed by atoms with Crippen molar-refractivity contribution in [3.63, 3.8) is 0 Å². The Bertz CT molecular complexity index is 521. The molecule has 0 aliphatic carbocycles. The molecule has 1 fully saturated rings. The fourth-order valence-corrected chi connectivity index (χ4v) is 2.01. The zero-order chi connectivity index (χ0) is 17.6. The van der Waals surface area contributed by atoms with E-state index in [1.807, 2.05) is 0 Å². The molecule has 3 unspecified atom stereocenters. The van der Waals surface area contributed by atoms with Gasteiger partial charge in [0.25, 0.3) is 0 Å². The number of carbonyl (C=O) groups is 5. The van der Waals surface area contributed by atoms with Crippen LogP contribution in [0.3, 0.4) is 0 Å². The van der Waals surface area contributed by atoms with Crippen LogP contribution < -0.4 is 21.7 Å². The van der Waals surface area contributed by atoms with Crippen molar-refractivity contribution in [2.24, 2.45) is 5.73 Å². The number of amides is 4. The van der Waals surface area contributed by atoms with E-state index >= 15 is 0 Å². The summed E-state index contributed by atoms with van der Waals surface area (Å²) in [6.07, 6.45) is 0.295. The third-order valence-electron chi connectivity index (χ3n) is 3.35. The van der Waals surface area contributed by atoms with E-state index in [0.29, 0.717) is 6.42 Å². The van der Waals surface area contributed by atoms with Crippen molar-refractivity contribution in [3.8, 4) is 0 Å². The molecular weight excluding hydrogens is 308 g/mol. The number of carboxylic acid groups (broad SMARTS) is 1. The van der Waals surface area contributed by atoms with Gasteiger partial charge in [-0.05, 0) is 19.8 Å². The Morgan fingerprint density at radius 3 is 2.48 bits per heavy atom. The molecule has 0 aromatic carbocycles. The molecule has 1 heterocycles. The molecule has 23 heavy (non-hydrogen) atoms. The Morgan fingerprint density at radius 1 is 1.35 bits per heavy atom. The number of nitrogens with two attached hydrogens (primary N) is 1. The van der Waals surface area contributed by atoms with E-state index in [1.54, 1.807) is 0 Å². The minimum absolute atomic E-state index is 0.0695. The number of carbonyl (C=O) groups excluding carboxylic acids is 4. The lowest BCUT2D eigenvalue weighted by molar-refractivity contribution is -0.141. The second-order valence-electron chi connectivity index (χ2n) is 5.29. The molecule has 0 aromatic heterocycles. The average molecular weight is 328 g/mol. The average Bonchev–Trinajstić information content (AvgIpc) is 2.89. The summed E-state index contributed by atoms with van der Waals surface area (Å²) in [6, 6.07) is -3.01. The van der Waals surface area contributed by atoms with Gasteiger partial charge in [0, 0.05) is 12.8 Å². The minimum atomic E-state index is -1.23. The van der Waals surface area contributed by atoms with Crippen LogP contribution in [0, 0.1) is 0 Å². The highest BCUT2D eigenvalue weighted by atomic mass is 16.4. The van der Waals surface area contributed by atoms with Crippen molar-refractivity contribution >= 4 is 29.6 Å². The molecule has 0 radical (unpaired) electrons. The van der Waals surface area contributed by atoms with E-state index in [0.717, 1.165) is 0 Å². The molecule has 0 saturated carbocycles. The van der Waals surface area contributed by atoms with Crippen LogP contribution >= 0.6 is 0 Å². The molecule has 0 spiro atoms. The summed E-state index contributed by atoms with van der Waals surface area (Å²) in [6.45, 7) is 1.27. The van der Waals surface area contributed by atoms with E-state index in [-0.39, 0.29) is 25.2 Å². The summed E-state index contributed by atoms with van der Waals surface area (Å²) in [5, 5.41) is 15.9.